The van der Waals surface area contributed by atoms with E-state index < -0.39 is 5.97 Å². The maximum absolute atomic E-state index is 12.0. The van der Waals surface area contributed by atoms with E-state index in [-0.39, 0.29) is 12.5 Å². The van der Waals surface area contributed by atoms with Gasteiger partial charge in [-0.1, -0.05) is 6.92 Å². The second-order valence-electron chi connectivity index (χ2n) is 4.58. The summed E-state index contributed by atoms with van der Waals surface area (Å²) in [4.78, 5) is 24.2. The van der Waals surface area contributed by atoms with Crippen molar-refractivity contribution in [3.63, 3.8) is 0 Å². The zero-order chi connectivity index (χ0) is 15.4. The first-order chi connectivity index (χ1) is 10.1. The van der Waals surface area contributed by atoms with Crippen LogP contribution in [0, 0.1) is 0 Å². The molecule has 2 rings (SSSR count). The highest BCUT2D eigenvalue weighted by molar-refractivity contribution is 5.99. The van der Waals surface area contributed by atoms with E-state index in [1.807, 2.05) is 6.92 Å². The fraction of sp³-hybridized carbons (Fsp3) is 0.333. The van der Waals surface area contributed by atoms with Crippen LogP contribution in [0.3, 0.4) is 0 Å². The molecule has 0 fully saturated rings. The molecule has 0 spiro atoms. The molecule has 0 aliphatic carbocycles. The molecule has 1 N–H and O–H groups in total. The number of hydrogen-bond acceptors (Lipinski definition) is 4. The summed E-state index contributed by atoms with van der Waals surface area (Å²) in [6.07, 6.45) is 3.30. The van der Waals surface area contributed by atoms with E-state index in [2.05, 4.69) is 0 Å². The van der Waals surface area contributed by atoms with E-state index in [1.165, 1.54) is 13.2 Å². The number of anilines is 1. The molecule has 0 saturated heterocycles. The maximum atomic E-state index is 12.0. The Labute approximate surface area is 122 Å². The van der Waals surface area contributed by atoms with Crippen molar-refractivity contribution < 1.29 is 24.2 Å². The zero-order valence-electron chi connectivity index (χ0n) is 12.0. The highest BCUT2D eigenvalue weighted by atomic mass is 16.5. The van der Waals surface area contributed by atoms with Crippen molar-refractivity contribution in [3.8, 4) is 11.5 Å². The first-order valence-electron chi connectivity index (χ1n) is 6.63. The van der Waals surface area contributed by atoms with Gasteiger partial charge >= 0.3 is 5.97 Å². The number of carboxylic acids is 1. The first-order valence-corrected chi connectivity index (χ1v) is 6.63. The molecule has 1 heterocycles. The molecule has 1 aromatic rings. The lowest BCUT2D eigenvalue weighted by atomic mass is 10.1. The molecule has 0 radical (unpaired) electrons. The fourth-order valence-electron chi connectivity index (χ4n) is 2.18. The fourth-order valence-corrected chi connectivity index (χ4v) is 2.18. The lowest BCUT2D eigenvalue weighted by Crippen LogP contribution is -2.39. The summed E-state index contributed by atoms with van der Waals surface area (Å²) in [6.45, 7) is 2.53. The minimum Gasteiger partial charge on any atom is -0.493 e. The molecule has 1 aliphatic heterocycles. The molecule has 1 aliphatic rings. The van der Waals surface area contributed by atoms with Crippen molar-refractivity contribution in [2.45, 2.75) is 13.3 Å². The molecular weight excluding hydrogens is 274 g/mol. The van der Waals surface area contributed by atoms with Gasteiger partial charge in [-0.15, -0.1) is 0 Å². The van der Waals surface area contributed by atoms with Crippen LogP contribution in [0.1, 0.15) is 18.9 Å². The number of carbonyl (C=O) groups is 2. The molecule has 0 saturated carbocycles. The van der Waals surface area contributed by atoms with E-state index in [0.29, 0.717) is 29.3 Å². The van der Waals surface area contributed by atoms with Crippen molar-refractivity contribution >= 4 is 23.6 Å². The van der Waals surface area contributed by atoms with Gasteiger partial charge in [-0.05, 0) is 30.2 Å². The molecule has 0 unspecified atom stereocenters. The number of ether oxygens (including phenoxy) is 2. The Kier molecular flexibility index (Phi) is 4.47. The summed E-state index contributed by atoms with van der Waals surface area (Å²) >= 11 is 0. The largest absolute Gasteiger partial charge is 0.493 e. The lowest BCUT2D eigenvalue weighted by Gasteiger charge is -2.30. The summed E-state index contributed by atoms with van der Waals surface area (Å²) < 4.78 is 10.7. The number of rotatable bonds is 5. The van der Waals surface area contributed by atoms with Crippen molar-refractivity contribution in [3.05, 3.63) is 23.8 Å². The Hall–Kier alpha value is -2.50. The summed E-state index contributed by atoms with van der Waals surface area (Å²) in [5.74, 6) is -0.167. The summed E-state index contributed by atoms with van der Waals surface area (Å²) in [6, 6.07) is 3.40. The molecule has 1 aromatic carbocycles. The van der Waals surface area contributed by atoms with Crippen LogP contribution in [0.25, 0.3) is 6.08 Å². The smallest absolute Gasteiger partial charge is 0.328 e. The van der Waals surface area contributed by atoms with Crippen LogP contribution in [-0.2, 0) is 9.59 Å². The highest BCUT2D eigenvalue weighted by Gasteiger charge is 2.28. The van der Waals surface area contributed by atoms with E-state index in [1.54, 1.807) is 17.0 Å². The Morgan fingerprint density at radius 1 is 1.52 bits per heavy atom. The number of aliphatic carboxylic acids is 1. The number of nitrogens with zero attached hydrogens (tertiary/aromatic N) is 1. The van der Waals surface area contributed by atoms with Crippen LogP contribution in [0.15, 0.2) is 18.2 Å². The van der Waals surface area contributed by atoms with Gasteiger partial charge in [0, 0.05) is 12.6 Å². The monoisotopic (exact) mass is 291 g/mol. The average molecular weight is 291 g/mol. The molecule has 6 heteroatoms. The molecule has 1 amide bonds. The third-order valence-corrected chi connectivity index (χ3v) is 3.07. The van der Waals surface area contributed by atoms with Crippen molar-refractivity contribution in [2.75, 3.05) is 25.2 Å². The third kappa shape index (κ3) is 3.16. The Bertz CT molecular complexity index is 594. The average Bonchev–Trinajstić information content (AvgIpc) is 2.47. The highest BCUT2D eigenvalue weighted by Crippen LogP contribution is 2.41. The van der Waals surface area contributed by atoms with Crippen molar-refractivity contribution in [2.24, 2.45) is 0 Å². The van der Waals surface area contributed by atoms with Crippen molar-refractivity contribution in [1.29, 1.82) is 0 Å². The molecule has 112 valence electrons. The van der Waals surface area contributed by atoms with E-state index in [9.17, 15) is 9.59 Å². The van der Waals surface area contributed by atoms with Gasteiger partial charge in [0.15, 0.2) is 18.1 Å². The Morgan fingerprint density at radius 2 is 2.29 bits per heavy atom. The lowest BCUT2D eigenvalue weighted by molar-refractivity contribution is -0.131. The third-order valence-electron chi connectivity index (χ3n) is 3.07. The number of fused-ring (bicyclic) bond motifs is 1. The predicted octanol–water partition coefficient (Wildman–Crippen LogP) is 1.93. The summed E-state index contributed by atoms with van der Waals surface area (Å²) in [7, 11) is 1.50. The second-order valence-corrected chi connectivity index (χ2v) is 4.58. The van der Waals surface area contributed by atoms with Crippen LogP contribution >= 0.6 is 0 Å². The number of hydrogen-bond donors (Lipinski definition) is 1. The summed E-state index contributed by atoms with van der Waals surface area (Å²) in [5, 5.41) is 8.71. The molecule has 6 nitrogen and oxygen atoms in total. The van der Waals surface area contributed by atoms with Gasteiger partial charge in [-0.2, -0.15) is 0 Å². The van der Waals surface area contributed by atoms with E-state index in [0.717, 1.165) is 12.5 Å². The number of benzene rings is 1. The van der Waals surface area contributed by atoms with Gasteiger partial charge in [0.25, 0.3) is 5.91 Å². The zero-order valence-corrected chi connectivity index (χ0v) is 12.0. The van der Waals surface area contributed by atoms with Crippen LogP contribution in [0.4, 0.5) is 5.69 Å². The molecule has 0 atom stereocenters. The van der Waals surface area contributed by atoms with Crippen LogP contribution in [-0.4, -0.2) is 37.2 Å². The normalized spacial score (nSPS) is 14.0. The van der Waals surface area contributed by atoms with E-state index >= 15 is 0 Å². The second kappa shape index (κ2) is 6.30. The van der Waals surface area contributed by atoms with Crippen LogP contribution in [0.2, 0.25) is 0 Å². The SMILES string of the molecule is CCCN1C(=O)COc2c(OC)cc(/C=C/C(=O)O)cc21. The number of carboxylic acid groups (broad SMARTS) is 1. The predicted molar refractivity (Wildman–Crippen MR) is 77.8 cm³/mol. The van der Waals surface area contributed by atoms with Crippen LogP contribution < -0.4 is 14.4 Å². The minimum atomic E-state index is -1.04. The van der Waals surface area contributed by atoms with Crippen molar-refractivity contribution in [1.82, 2.24) is 0 Å². The standard InChI is InChI=1S/C15H17NO5/c1-3-6-16-11-7-10(4-5-14(18)19)8-12(20-2)15(11)21-9-13(16)17/h4-5,7-8H,3,6,9H2,1-2H3,(H,18,19)/b5-4+. The number of methoxy groups -OCH3 is 1. The minimum absolute atomic E-state index is 0.0202. The van der Waals surface area contributed by atoms with Gasteiger partial charge in [-0.25, -0.2) is 4.79 Å². The maximum Gasteiger partial charge on any atom is 0.328 e. The van der Waals surface area contributed by atoms with Gasteiger partial charge in [0.1, 0.15) is 0 Å². The van der Waals surface area contributed by atoms with Crippen LogP contribution in [0.5, 0.6) is 11.5 Å². The van der Waals surface area contributed by atoms with Gasteiger partial charge in [-0.3, -0.25) is 4.79 Å². The summed E-state index contributed by atoms with van der Waals surface area (Å²) in [5.41, 5.74) is 1.24. The topological polar surface area (TPSA) is 76.1 Å². The number of amides is 1. The Morgan fingerprint density at radius 3 is 2.90 bits per heavy atom. The van der Waals surface area contributed by atoms with Gasteiger partial charge in [0.05, 0.1) is 12.8 Å². The Balaban J connectivity index is 2.50. The van der Waals surface area contributed by atoms with Gasteiger partial charge in [0.2, 0.25) is 0 Å². The van der Waals surface area contributed by atoms with E-state index in [4.69, 9.17) is 14.6 Å². The molecule has 21 heavy (non-hydrogen) atoms. The number of carbonyl (C=O) groups excluding carboxylic acids is 1. The molecule has 0 aromatic heterocycles. The molecule has 0 bridgehead atoms. The first kappa shape index (κ1) is 14.9. The quantitative estimate of drug-likeness (QED) is 0.839. The van der Waals surface area contributed by atoms with Gasteiger partial charge < -0.3 is 19.5 Å². The molecular formula is C15H17NO5.